The minimum Gasteiger partial charge on any atom is -0.447 e. The highest BCUT2D eigenvalue weighted by Crippen LogP contribution is 2.40. The van der Waals surface area contributed by atoms with Gasteiger partial charge in [0.25, 0.3) is 10.0 Å². The number of furan rings is 1. The maximum atomic E-state index is 12.6. The Morgan fingerprint density at radius 1 is 1.11 bits per heavy atom. The second-order valence-corrected chi connectivity index (χ2v) is 11.1. The van der Waals surface area contributed by atoms with E-state index in [2.05, 4.69) is 9.97 Å². The van der Waals surface area contributed by atoms with Crippen LogP contribution in [-0.4, -0.2) is 35.8 Å². The van der Waals surface area contributed by atoms with E-state index < -0.39 is 10.0 Å². The Morgan fingerprint density at radius 2 is 1.93 bits per heavy atom. The van der Waals surface area contributed by atoms with Crippen molar-refractivity contribution in [1.29, 1.82) is 0 Å². The van der Waals surface area contributed by atoms with E-state index >= 15 is 0 Å². The van der Waals surface area contributed by atoms with Crippen molar-refractivity contribution in [3.05, 3.63) is 34.7 Å². The average molecular weight is 436 g/mol. The van der Waals surface area contributed by atoms with Gasteiger partial charge in [-0.15, -0.1) is 11.3 Å². The summed E-state index contributed by atoms with van der Waals surface area (Å²) in [5.41, 5.74) is 1.41. The zero-order chi connectivity index (χ0) is 19.1. The monoisotopic (exact) mass is 435 g/mol. The predicted octanol–water partition coefficient (Wildman–Crippen LogP) is 4.24. The van der Waals surface area contributed by atoms with E-state index in [4.69, 9.17) is 4.42 Å². The van der Waals surface area contributed by atoms with Gasteiger partial charge in [-0.25, -0.2) is 18.4 Å². The number of aromatic nitrogens is 2. The molecule has 4 heterocycles. The normalized spacial score (nSPS) is 18.0. The highest BCUT2D eigenvalue weighted by molar-refractivity contribution is 7.98. The number of nitrogens with zero attached hydrogens (tertiary/aromatic N) is 3. The van der Waals surface area contributed by atoms with Crippen LogP contribution in [0.4, 0.5) is 0 Å². The first-order valence-corrected chi connectivity index (χ1v) is 12.8. The van der Waals surface area contributed by atoms with E-state index in [1.807, 2.05) is 0 Å². The third-order valence-electron chi connectivity index (χ3n) is 5.36. The molecule has 1 saturated heterocycles. The first-order valence-electron chi connectivity index (χ1n) is 9.60. The van der Waals surface area contributed by atoms with Crippen LogP contribution in [0.5, 0.6) is 0 Å². The summed E-state index contributed by atoms with van der Waals surface area (Å²) in [4.78, 5) is 11.5. The first-order chi connectivity index (χ1) is 13.6. The van der Waals surface area contributed by atoms with Crippen molar-refractivity contribution in [2.45, 2.75) is 54.4 Å². The summed E-state index contributed by atoms with van der Waals surface area (Å²) in [7, 11) is -3.51. The van der Waals surface area contributed by atoms with Crippen LogP contribution in [0.1, 0.15) is 41.9 Å². The van der Waals surface area contributed by atoms with E-state index in [1.54, 1.807) is 41.6 Å². The van der Waals surface area contributed by atoms with Crippen LogP contribution in [0.25, 0.3) is 10.2 Å². The van der Waals surface area contributed by atoms with Crippen molar-refractivity contribution >= 4 is 43.3 Å². The summed E-state index contributed by atoms with van der Waals surface area (Å²) in [5, 5.41) is 2.19. The molecule has 1 aliphatic carbocycles. The quantitative estimate of drug-likeness (QED) is 0.441. The molecule has 1 fully saturated rings. The maximum absolute atomic E-state index is 12.6. The van der Waals surface area contributed by atoms with Crippen LogP contribution in [0.15, 0.2) is 33.0 Å². The van der Waals surface area contributed by atoms with E-state index in [0.717, 1.165) is 35.5 Å². The number of sulfonamides is 1. The Morgan fingerprint density at radius 3 is 2.79 bits per heavy atom. The number of hydrogen-bond acceptors (Lipinski definition) is 7. The summed E-state index contributed by atoms with van der Waals surface area (Å²) < 4.78 is 32.5. The van der Waals surface area contributed by atoms with Crippen molar-refractivity contribution in [1.82, 2.24) is 14.3 Å². The molecule has 0 spiro atoms. The van der Waals surface area contributed by atoms with Crippen LogP contribution in [0.2, 0.25) is 0 Å². The second-order valence-electron chi connectivity index (χ2n) is 7.19. The minimum atomic E-state index is -3.51. The zero-order valence-corrected chi connectivity index (χ0v) is 17.8. The highest BCUT2D eigenvalue weighted by Gasteiger charge is 2.30. The van der Waals surface area contributed by atoms with Gasteiger partial charge in [-0.3, -0.25) is 0 Å². The average Bonchev–Trinajstić information content (AvgIpc) is 3.45. The Balaban J connectivity index is 1.37. The lowest BCUT2D eigenvalue weighted by molar-refractivity contribution is 0.397. The molecule has 1 aliphatic heterocycles. The standard InChI is InChI=1S/C19H21N3O3S3/c23-28(24,22-9-3-4-10-22)16-8-7-13(25-16)11-26-18-17-14-5-1-2-6-15(14)27-19(17)21-12-20-18/h7-8,12H,1-6,9-11H2. The molecule has 0 aromatic carbocycles. The Kier molecular flexibility index (Phi) is 4.94. The lowest BCUT2D eigenvalue weighted by atomic mass is 9.97. The molecule has 0 saturated carbocycles. The van der Waals surface area contributed by atoms with Crippen LogP contribution < -0.4 is 0 Å². The molecular formula is C19H21N3O3S3. The number of thioether (sulfide) groups is 1. The number of rotatable bonds is 5. The first kappa shape index (κ1) is 18.6. The van der Waals surface area contributed by atoms with E-state index in [0.29, 0.717) is 24.6 Å². The van der Waals surface area contributed by atoms with E-state index in [1.165, 1.54) is 33.0 Å². The number of aryl methyl sites for hydroxylation is 2. The van der Waals surface area contributed by atoms with Gasteiger partial charge in [-0.1, -0.05) is 11.8 Å². The smallest absolute Gasteiger partial charge is 0.276 e. The van der Waals surface area contributed by atoms with Gasteiger partial charge in [-0.05, 0) is 56.2 Å². The van der Waals surface area contributed by atoms with Crippen LogP contribution in [-0.2, 0) is 28.6 Å². The van der Waals surface area contributed by atoms with Gasteiger partial charge < -0.3 is 4.42 Å². The molecule has 28 heavy (non-hydrogen) atoms. The van der Waals surface area contributed by atoms with E-state index in [-0.39, 0.29) is 5.09 Å². The molecule has 0 N–H and O–H groups in total. The largest absolute Gasteiger partial charge is 0.447 e. The fourth-order valence-corrected chi connectivity index (χ4v) is 7.60. The van der Waals surface area contributed by atoms with Gasteiger partial charge in [0, 0.05) is 23.4 Å². The molecule has 3 aromatic rings. The molecular weight excluding hydrogens is 414 g/mol. The molecule has 9 heteroatoms. The number of thiophene rings is 1. The van der Waals surface area contributed by atoms with Gasteiger partial charge >= 0.3 is 0 Å². The van der Waals surface area contributed by atoms with Crippen LogP contribution in [0.3, 0.4) is 0 Å². The molecule has 5 rings (SSSR count). The van der Waals surface area contributed by atoms with Gasteiger partial charge in [-0.2, -0.15) is 4.31 Å². The van der Waals surface area contributed by atoms with Gasteiger partial charge in [0.1, 0.15) is 21.9 Å². The lowest BCUT2D eigenvalue weighted by Gasteiger charge is -2.12. The summed E-state index contributed by atoms with van der Waals surface area (Å²) >= 11 is 3.37. The summed E-state index contributed by atoms with van der Waals surface area (Å²) in [6.07, 6.45) is 8.14. The fraction of sp³-hybridized carbons (Fsp3) is 0.474. The summed E-state index contributed by atoms with van der Waals surface area (Å²) in [6, 6.07) is 3.34. The SMILES string of the molecule is O=S(=O)(c1ccc(CSc2ncnc3sc4c(c23)CCCC4)o1)N1CCCC1. The predicted molar refractivity (Wildman–Crippen MR) is 110 cm³/mol. The Hall–Kier alpha value is -1.42. The summed E-state index contributed by atoms with van der Waals surface area (Å²) in [6.45, 7) is 1.16. The second kappa shape index (κ2) is 7.44. The number of fused-ring (bicyclic) bond motifs is 3. The van der Waals surface area contributed by atoms with E-state index in [9.17, 15) is 8.42 Å². The van der Waals surface area contributed by atoms with Gasteiger partial charge in [0.15, 0.2) is 0 Å². The molecule has 6 nitrogen and oxygen atoms in total. The maximum Gasteiger partial charge on any atom is 0.276 e. The fourth-order valence-electron chi connectivity index (χ4n) is 3.94. The molecule has 0 unspecified atom stereocenters. The van der Waals surface area contributed by atoms with Gasteiger partial charge in [0.05, 0.1) is 5.75 Å². The van der Waals surface area contributed by atoms with Crippen molar-refractivity contribution < 1.29 is 12.8 Å². The molecule has 2 aliphatic rings. The zero-order valence-electron chi connectivity index (χ0n) is 15.4. The third kappa shape index (κ3) is 3.28. The molecule has 0 radical (unpaired) electrons. The number of hydrogen-bond donors (Lipinski definition) is 0. The van der Waals surface area contributed by atoms with Gasteiger partial charge in [0.2, 0.25) is 5.09 Å². The van der Waals surface area contributed by atoms with Crippen LogP contribution >= 0.6 is 23.1 Å². The van der Waals surface area contributed by atoms with Crippen molar-refractivity contribution in [3.63, 3.8) is 0 Å². The highest BCUT2D eigenvalue weighted by atomic mass is 32.2. The topological polar surface area (TPSA) is 76.3 Å². The van der Waals surface area contributed by atoms with Crippen LogP contribution in [0, 0.1) is 0 Å². The summed E-state index contributed by atoms with van der Waals surface area (Å²) in [5.74, 6) is 1.20. The minimum absolute atomic E-state index is 0.0470. The third-order valence-corrected chi connectivity index (χ3v) is 9.35. The lowest BCUT2D eigenvalue weighted by Crippen LogP contribution is -2.27. The molecule has 3 aromatic heterocycles. The Labute approximate surface area is 172 Å². The van der Waals surface area contributed by atoms with Crippen molar-refractivity contribution in [2.24, 2.45) is 0 Å². The molecule has 148 valence electrons. The molecule has 0 amide bonds. The van der Waals surface area contributed by atoms with Crippen molar-refractivity contribution in [3.8, 4) is 0 Å². The molecule has 0 bridgehead atoms. The van der Waals surface area contributed by atoms with Crippen molar-refractivity contribution in [2.75, 3.05) is 13.1 Å². The molecule has 0 atom stereocenters. The Bertz CT molecular complexity index is 1110.